The van der Waals surface area contributed by atoms with Crippen LogP contribution in [0, 0.1) is 11.9 Å². The quantitative estimate of drug-likeness (QED) is 0.673. The Kier molecular flexibility index (Phi) is 2.12. The maximum absolute atomic E-state index is 13.0. The molecule has 4 heteroatoms. The van der Waals surface area contributed by atoms with Crippen LogP contribution in [0.15, 0.2) is 23.2 Å². The number of aliphatic imine (C=N–C) groups is 1. The first-order valence-electron chi connectivity index (χ1n) is 4.08. The number of halogens is 1. The molecule has 0 aromatic heterocycles. The number of anilines is 1. The highest BCUT2D eigenvalue weighted by Gasteiger charge is 2.06. The van der Waals surface area contributed by atoms with Crippen LogP contribution in [-0.4, -0.2) is 19.0 Å². The summed E-state index contributed by atoms with van der Waals surface area (Å²) in [5.41, 5.74) is 0.399. The molecular formula is C9H9FN3. The molecule has 2 rings (SSSR count). The smallest absolute Gasteiger partial charge is 0.196 e. The predicted octanol–water partition coefficient (Wildman–Crippen LogP) is 0.997. The van der Waals surface area contributed by atoms with Gasteiger partial charge in [-0.1, -0.05) is 12.1 Å². The van der Waals surface area contributed by atoms with E-state index < -0.39 is 0 Å². The van der Waals surface area contributed by atoms with Crippen LogP contribution in [0.1, 0.15) is 0 Å². The van der Waals surface area contributed by atoms with E-state index in [2.05, 4.69) is 21.7 Å². The Morgan fingerprint density at radius 3 is 3.23 bits per heavy atom. The van der Waals surface area contributed by atoms with Gasteiger partial charge in [0, 0.05) is 12.6 Å². The minimum atomic E-state index is -0.390. The van der Waals surface area contributed by atoms with E-state index in [9.17, 15) is 4.39 Å². The Labute approximate surface area is 75.7 Å². The third kappa shape index (κ3) is 1.77. The maximum atomic E-state index is 13.0. The molecule has 0 atom stereocenters. The highest BCUT2D eigenvalue weighted by atomic mass is 19.1. The Morgan fingerprint density at radius 1 is 1.62 bits per heavy atom. The minimum absolute atomic E-state index is 0.390. The summed E-state index contributed by atoms with van der Waals surface area (Å²) in [5, 5.41) is 5.83. The van der Waals surface area contributed by atoms with Crippen molar-refractivity contribution < 1.29 is 4.39 Å². The minimum Gasteiger partial charge on any atom is -0.354 e. The van der Waals surface area contributed by atoms with Gasteiger partial charge in [-0.05, 0) is 6.07 Å². The van der Waals surface area contributed by atoms with E-state index in [0.717, 1.165) is 13.1 Å². The van der Waals surface area contributed by atoms with Gasteiger partial charge in [0.25, 0.3) is 0 Å². The highest BCUT2D eigenvalue weighted by Crippen LogP contribution is 2.11. The number of nitrogens with zero attached hydrogens (tertiary/aromatic N) is 1. The van der Waals surface area contributed by atoms with Gasteiger partial charge in [-0.25, -0.2) is 4.39 Å². The zero-order valence-corrected chi connectivity index (χ0v) is 6.97. The van der Waals surface area contributed by atoms with Crippen molar-refractivity contribution in [1.29, 1.82) is 0 Å². The number of nitrogens with one attached hydrogen (secondary N) is 2. The van der Waals surface area contributed by atoms with E-state index in [0.29, 0.717) is 11.6 Å². The lowest BCUT2D eigenvalue weighted by molar-refractivity contribution is 0.630. The monoisotopic (exact) mass is 178 g/mol. The molecule has 1 radical (unpaired) electrons. The van der Waals surface area contributed by atoms with Crippen LogP contribution in [0.2, 0.25) is 0 Å². The summed E-state index contributed by atoms with van der Waals surface area (Å²) >= 11 is 0. The number of benzene rings is 1. The molecule has 0 unspecified atom stereocenters. The van der Waals surface area contributed by atoms with Gasteiger partial charge >= 0.3 is 0 Å². The molecule has 1 aliphatic rings. The molecule has 13 heavy (non-hydrogen) atoms. The third-order valence-corrected chi connectivity index (χ3v) is 1.73. The van der Waals surface area contributed by atoms with Crippen LogP contribution in [0.4, 0.5) is 10.1 Å². The molecule has 1 heterocycles. The second kappa shape index (κ2) is 3.43. The van der Waals surface area contributed by atoms with E-state index in [4.69, 9.17) is 0 Å². The molecule has 1 aliphatic heterocycles. The SMILES string of the molecule is Fc1[c]cccc1NC1=NCCN1. The Hall–Kier alpha value is -1.58. The lowest BCUT2D eigenvalue weighted by atomic mass is 10.3. The van der Waals surface area contributed by atoms with Crippen LogP contribution in [0.3, 0.4) is 0 Å². The molecule has 1 aromatic carbocycles. The summed E-state index contributed by atoms with van der Waals surface area (Å²) in [6.07, 6.45) is 0. The average molecular weight is 178 g/mol. The standard InChI is InChI=1S/C9H9FN3/c10-7-3-1-2-4-8(7)13-9-11-5-6-12-9/h1-2,4H,5-6H2,(H2,11,12,13). The molecule has 0 aliphatic carbocycles. The van der Waals surface area contributed by atoms with Crippen LogP contribution in [0.5, 0.6) is 0 Å². The second-order valence-corrected chi connectivity index (χ2v) is 2.68. The molecule has 0 spiro atoms. The summed E-state index contributed by atoms with van der Waals surface area (Å²) in [4.78, 5) is 4.09. The van der Waals surface area contributed by atoms with Crippen molar-refractivity contribution >= 4 is 11.6 Å². The van der Waals surface area contributed by atoms with E-state index >= 15 is 0 Å². The fourth-order valence-corrected chi connectivity index (χ4v) is 1.12. The van der Waals surface area contributed by atoms with Crippen molar-refractivity contribution in [2.45, 2.75) is 0 Å². The molecule has 0 saturated heterocycles. The molecular weight excluding hydrogens is 169 g/mol. The zero-order chi connectivity index (χ0) is 9.10. The molecule has 67 valence electrons. The van der Waals surface area contributed by atoms with Gasteiger partial charge in [0.05, 0.1) is 12.2 Å². The summed E-state index contributed by atoms with van der Waals surface area (Å²) in [6, 6.07) is 7.36. The Morgan fingerprint density at radius 2 is 2.54 bits per heavy atom. The summed E-state index contributed by atoms with van der Waals surface area (Å²) in [7, 11) is 0. The largest absolute Gasteiger partial charge is 0.354 e. The molecule has 3 nitrogen and oxygen atoms in total. The fraction of sp³-hybridized carbons (Fsp3) is 0.222. The first-order chi connectivity index (χ1) is 6.36. The topological polar surface area (TPSA) is 36.4 Å². The van der Waals surface area contributed by atoms with Gasteiger partial charge in [0.1, 0.15) is 0 Å². The van der Waals surface area contributed by atoms with E-state index in [1.165, 1.54) is 6.07 Å². The number of hydrogen-bond donors (Lipinski definition) is 2. The molecule has 0 bridgehead atoms. The lowest BCUT2D eigenvalue weighted by Gasteiger charge is -2.06. The van der Waals surface area contributed by atoms with Crippen LogP contribution in [-0.2, 0) is 0 Å². The molecule has 0 amide bonds. The van der Waals surface area contributed by atoms with Gasteiger partial charge in [-0.3, -0.25) is 4.99 Å². The maximum Gasteiger partial charge on any atom is 0.196 e. The summed E-state index contributed by atoms with van der Waals surface area (Å²) in [6.45, 7) is 1.54. The Bertz CT molecular complexity index is 335. The van der Waals surface area contributed by atoms with Crippen molar-refractivity contribution in [3.63, 3.8) is 0 Å². The average Bonchev–Trinajstić information content (AvgIpc) is 2.61. The third-order valence-electron chi connectivity index (χ3n) is 1.73. The van der Waals surface area contributed by atoms with Crippen LogP contribution < -0.4 is 10.6 Å². The van der Waals surface area contributed by atoms with E-state index in [1.807, 2.05) is 0 Å². The fourth-order valence-electron chi connectivity index (χ4n) is 1.12. The van der Waals surface area contributed by atoms with Crippen LogP contribution in [0.25, 0.3) is 0 Å². The van der Waals surface area contributed by atoms with Gasteiger partial charge in [0.15, 0.2) is 11.8 Å². The van der Waals surface area contributed by atoms with Gasteiger partial charge < -0.3 is 10.6 Å². The van der Waals surface area contributed by atoms with Crippen molar-refractivity contribution in [3.05, 3.63) is 30.1 Å². The summed E-state index contributed by atoms with van der Waals surface area (Å²) in [5.74, 6) is 0.234. The van der Waals surface area contributed by atoms with Gasteiger partial charge in [0.2, 0.25) is 0 Å². The first-order valence-corrected chi connectivity index (χ1v) is 4.08. The lowest BCUT2D eigenvalue weighted by Crippen LogP contribution is -2.26. The van der Waals surface area contributed by atoms with Crippen molar-refractivity contribution in [2.75, 3.05) is 18.4 Å². The second-order valence-electron chi connectivity index (χ2n) is 2.68. The van der Waals surface area contributed by atoms with E-state index in [1.54, 1.807) is 12.1 Å². The zero-order valence-electron chi connectivity index (χ0n) is 6.97. The molecule has 1 aromatic rings. The van der Waals surface area contributed by atoms with E-state index in [-0.39, 0.29) is 5.82 Å². The number of guanidine groups is 1. The normalized spacial score (nSPS) is 15.0. The van der Waals surface area contributed by atoms with Crippen molar-refractivity contribution in [1.82, 2.24) is 5.32 Å². The number of rotatable bonds is 1. The van der Waals surface area contributed by atoms with Gasteiger partial charge in [-0.2, -0.15) is 0 Å². The van der Waals surface area contributed by atoms with Crippen LogP contribution >= 0.6 is 0 Å². The van der Waals surface area contributed by atoms with Crippen molar-refractivity contribution in [2.24, 2.45) is 4.99 Å². The molecule has 0 fully saturated rings. The molecule has 2 N–H and O–H groups in total. The Balaban J connectivity index is 2.13. The van der Waals surface area contributed by atoms with Gasteiger partial charge in [-0.15, -0.1) is 0 Å². The number of hydrogen-bond acceptors (Lipinski definition) is 3. The predicted molar refractivity (Wildman–Crippen MR) is 49.2 cm³/mol. The molecule has 0 saturated carbocycles. The summed E-state index contributed by atoms with van der Waals surface area (Å²) < 4.78 is 13.0. The highest BCUT2D eigenvalue weighted by molar-refractivity contribution is 5.94. The first kappa shape index (κ1) is 8.04. The van der Waals surface area contributed by atoms with Crippen molar-refractivity contribution in [3.8, 4) is 0 Å².